The molecule has 1 rings (SSSR count). The first-order valence-corrected chi connectivity index (χ1v) is 7.66. The molecule has 1 heterocycles. The van der Waals surface area contributed by atoms with Gasteiger partial charge in [-0.3, -0.25) is 0 Å². The number of likely N-dealkylation sites (tertiary alicyclic amines) is 1. The van der Waals surface area contributed by atoms with Gasteiger partial charge in [0.2, 0.25) is 0 Å². The zero-order valence-corrected chi connectivity index (χ0v) is 11.9. The lowest BCUT2D eigenvalue weighted by molar-refractivity contribution is -0.908. The van der Waals surface area contributed by atoms with E-state index < -0.39 is 0 Å². The van der Waals surface area contributed by atoms with Crippen LogP contribution in [-0.2, 0) is 0 Å². The predicted octanol–water partition coefficient (Wildman–Crippen LogP) is 0.0558. The molecule has 1 nitrogen and oxygen atoms in total. The Hall–Kier alpha value is -0.110. The molecule has 1 saturated heterocycles. The van der Waals surface area contributed by atoms with Gasteiger partial charge in [-0.2, -0.15) is 0 Å². The molecule has 2 heteroatoms. The highest BCUT2D eigenvalue weighted by Gasteiger charge is 2.18. The van der Waals surface area contributed by atoms with Crippen LogP contribution in [0.25, 0.3) is 0 Å². The summed E-state index contributed by atoms with van der Waals surface area (Å²) in [6.45, 7) is 9.04. The number of rotatable bonds is 8. The van der Waals surface area contributed by atoms with Crippen LogP contribution in [0.5, 0.6) is 0 Å². The number of quaternary nitrogens is 1. The zero-order valence-electron chi connectivity index (χ0n) is 11.9. The van der Waals surface area contributed by atoms with Gasteiger partial charge in [-0.1, -0.05) is 46.0 Å². The molecule has 0 aliphatic carbocycles. The average molecular weight is 245 g/mol. The molecule has 0 spiro atoms. The van der Waals surface area contributed by atoms with Gasteiger partial charge in [0.25, 0.3) is 0 Å². The van der Waals surface area contributed by atoms with E-state index in [0.29, 0.717) is 0 Å². The second-order valence-corrected chi connectivity index (χ2v) is 5.82. The standard InChI is InChI=1S/C15H31N.FH/c1-3-4-5-6-7-8-9-12-16-13-10-11-15(2)14-16;/h15H,3-14H2,1-2H3;1H. The van der Waals surface area contributed by atoms with Crippen LogP contribution >= 0.6 is 0 Å². The minimum atomic E-state index is 0. The second-order valence-electron chi connectivity index (χ2n) is 5.82. The van der Waals surface area contributed by atoms with E-state index in [-0.39, 0.29) is 4.70 Å². The van der Waals surface area contributed by atoms with E-state index in [2.05, 4.69) is 13.8 Å². The first-order valence-electron chi connectivity index (χ1n) is 7.66. The van der Waals surface area contributed by atoms with E-state index in [4.69, 9.17) is 0 Å². The fraction of sp³-hybridized carbons (Fsp3) is 1.00. The fourth-order valence-corrected chi connectivity index (χ4v) is 2.96. The van der Waals surface area contributed by atoms with Crippen LogP contribution in [0.3, 0.4) is 0 Å². The van der Waals surface area contributed by atoms with Crippen molar-refractivity contribution in [3.63, 3.8) is 0 Å². The zero-order chi connectivity index (χ0) is 11.6. The van der Waals surface area contributed by atoms with Gasteiger partial charge in [0.1, 0.15) is 0 Å². The number of hydrogen-bond acceptors (Lipinski definition) is 0. The lowest BCUT2D eigenvalue weighted by Crippen LogP contribution is -3.13. The molecule has 0 bridgehead atoms. The van der Waals surface area contributed by atoms with Crippen molar-refractivity contribution in [2.75, 3.05) is 19.6 Å². The van der Waals surface area contributed by atoms with Crippen molar-refractivity contribution in [3.8, 4) is 0 Å². The number of unbranched alkanes of at least 4 members (excludes halogenated alkanes) is 6. The molecule has 17 heavy (non-hydrogen) atoms. The van der Waals surface area contributed by atoms with Gasteiger partial charge in [0.05, 0.1) is 19.6 Å². The summed E-state index contributed by atoms with van der Waals surface area (Å²) in [6, 6.07) is 0. The van der Waals surface area contributed by atoms with Crippen LogP contribution in [-0.4, -0.2) is 19.6 Å². The molecule has 104 valence electrons. The van der Waals surface area contributed by atoms with E-state index >= 15 is 0 Å². The van der Waals surface area contributed by atoms with Gasteiger partial charge >= 0.3 is 0 Å². The van der Waals surface area contributed by atoms with Crippen LogP contribution in [0.4, 0.5) is 0 Å². The fourth-order valence-electron chi connectivity index (χ4n) is 2.96. The lowest BCUT2D eigenvalue weighted by atomic mass is 10.00. The first-order chi connectivity index (χ1) is 7.83. The lowest BCUT2D eigenvalue weighted by Gasteiger charge is -2.27. The third-order valence-electron chi connectivity index (χ3n) is 4.00. The van der Waals surface area contributed by atoms with Gasteiger partial charge in [0.15, 0.2) is 0 Å². The summed E-state index contributed by atoms with van der Waals surface area (Å²) >= 11 is 0. The van der Waals surface area contributed by atoms with E-state index in [1.165, 1.54) is 77.4 Å². The Morgan fingerprint density at radius 3 is 2.29 bits per heavy atom. The van der Waals surface area contributed by atoms with Crippen molar-refractivity contribution < 1.29 is 9.60 Å². The first kappa shape index (κ1) is 16.9. The molecule has 0 saturated carbocycles. The Bertz CT molecular complexity index is 161. The van der Waals surface area contributed by atoms with E-state index in [1.54, 1.807) is 0 Å². The summed E-state index contributed by atoms with van der Waals surface area (Å²) in [7, 11) is 0. The van der Waals surface area contributed by atoms with E-state index in [1.807, 2.05) is 4.90 Å². The molecule has 0 aromatic rings. The Labute approximate surface area is 107 Å². The van der Waals surface area contributed by atoms with Crippen molar-refractivity contribution in [1.29, 1.82) is 0 Å². The molecule has 1 fully saturated rings. The Morgan fingerprint density at radius 2 is 1.65 bits per heavy atom. The third kappa shape index (κ3) is 8.59. The summed E-state index contributed by atoms with van der Waals surface area (Å²) in [5.41, 5.74) is 0. The molecule has 0 amide bonds. The molecular weight excluding hydrogens is 213 g/mol. The van der Waals surface area contributed by atoms with Crippen molar-refractivity contribution in [1.82, 2.24) is 0 Å². The number of piperidine rings is 1. The van der Waals surface area contributed by atoms with E-state index in [9.17, 15) is 0 Å². The van der Waals surface area contributed by atoms with Gasteiger partial charge in [-0.05, 0) is 25.7 Å². The van der Waals surface area contributed by atoms with Crippen LogP contribution in [0.2, 0.25) is 0 Å². The topological polar surface area (TPSA) is 4.44 Å². The van der Waals surface area contributed by atoms with Crippen molar-refractivity contribution in [3.05, 3.63) is 0 Å². The van der Waals surface area contributed by atoms with Crippen LogP contribution in [0, 0.1) is 5.92 Å². The van der Waals surface area contributed by atoms with Crippen LogP contribution < -0.4 is 9.60 Å². The molecule has 1 aliphatic heterocycles. The maximum Gasteiger partial charge on any atom is 0.0796 e. The van der Waals surface area contributed by atoms with E-state index in [0.717, 1.165) is 5.92 Å². The smallest absolute Gasteiger partial charge is 0.0796 e. The molecular formula is C15H32FN. The minimum Gasteiger partial charge on any atom is -1.00 e. The molecule has 2 atom stereocenters. The molecule has 0 aromatic heterocycles. The average Bonchev–Trinajstić information content (AvgIpc) is 2.28. The molecule has 0 radical (unpaired) electrons. The van der Waals surface area contributed by atoms with Crippen molar-refractivity contribution in [2.24, 2.45) is 5.92 Å². The Morgan fingerprint density at radius 1 is 1.00 bits per heavy atom. The summed E-state index contributed by atoms with van der Waals surface area (Å²) in [6.07, 6.45) is 13.1. The summed E-state index contributed by atoms with van der Waals surface area (Å²) < 4.78 is 0. The number of nitrogens with one attached hydrogen (secondary N) is 1. The van der Waals surface area contributed by atoms with Crippen LogP contribution in [0.1, 0.15) is 71.6 Å². The summed E-state index contributed by atoms with van der Waals surface area (Å²) in [4.78, 5) is 1.88. The highest BCUT2D eigenvalue weighted by atomic mass is 19.0. The van der Waals surface area contributed by atoms with Crippen molar-refractivity contribution >= 4 is 0 Å². The number of hydrogen-bond donors (Lipinski definition) is 1. The minimum absolute atomic E-state index is 0. The Balaban J connectivity index is 0.00000256. The molecule has 1 aliphatic rings. The SMILES string of the molecule is CCCCCCCCC[NH+]1CCCC(C)C1.[F-]. The largest absolute Gasteiger partial charge is 1.00 e. The second kappa shape index (κ2) is 11.0. The normalized spacial score (nSPS) is 24.4. The Kier molecular flexibility index (Phi) is 10.9. The third-order valence-corrected chi connectivity index (χ3v) is 4.00. The van der Waals surface area contributed by atoms with Crippen LogP contribution in [0.15, 0.2) is 0 Å². The maximum atomic E-state index is 2.42. The highest BCUT2D eigenvalue weighted by Crippen LogP contribution is 2.07. The molecule has 1 N–H and O–H groups in total. The quantitative estimate of drug-likeness (QED) is 0.577. The maximum absolute atomic E-state index is 2.42. The summed E-state index contributed by atoms with van der Waals surface area (Å²) in [5, 5.41) is 0. The van der Waals surface area contributed by atoms with Gasteiger partial charge < -0.3 is 9.60 Å². The molecule has 0 aromatic carbocycles. The number of halogens is 1. The monoisotopic (exact) mass is 245 g/mol. The summed E-state index contributed by atoms with van der Waals surface area (Å²) in [5.74, 6) is 0.980. The molecule has 2 unspecified atom stereocenters. The van der Waals surface area contributed by atoms with Crippen molar-refractivity contribution in [2.45, 2.75) is 71.6 Å². The van der Waals surface area contributed by atoms with Gasteiger partial charge in [-0.15, -0.1) is 0 Å². The highest BCUT2D eigenvalue weighted by molar-refractivity contribution is 4.55. The predicted molar refractivity (Wildman–Crippen MR) is 72.0 cm³/mol. The van der Waals surface area contributed by atoms with Gasteiger partial charge in [-0.25, -0.2) is 0 Å². The van der Waals surface area contributed by atoms with Gasteiger partial charge in [0, 0.05) is 5.92 Å².